The van der Waals surface area contributed by atoms with Gasteiger partial charge in [0.2, 0.25) is 0 Å². The first kappa shape index (κ1) is 17.8. The first-order valence-electron chi connectivity index (χ1n) is 8.72. The van der Waals surface area contributed by atoms with Crippen LogP contribution in [0, 0.1) is 6.92 Å². The van der Waals surface area contributed by atoms with Crippen LogP contribution in [0.4, 0.5) is 11.4 Å². The maximum Gasteiger partial charge on any atom is 0.255 e. The lowest BCUT2D eigenvalue weighted by Gasteiger charge is -2.36. The molecule has 132 valence electrons. The summed E-state index contributed by atoms with van der Waals surface area (Å²) in [6.45, 7) is 9.08. The predicted octanol–water partition coefficient (Wildman–Crippen LogP) is 4.04. The number of hydrogen-bond acceptors (Lipinski definition) is 3. The Morgan fingerprint density at radius 2 is 1.76 bits per heavy atom. The zero-order valence-electron chi connectivity index (χ0n) is 14.8. The Kier molecular flexibility index (Phi) is 5.61. The van der Waals surface area contributed by atoms with Gasteiger partial charge in [-0.05, 0) is 37.7 Å². The van der Waals surface area contributed by atoms with Gasteiger partial charge in [0.25, 0.3) is 5.91 Å². The second kappa shape index (κ2) is 7.89. The third kappa shape index (κ3) is 4.14. The fraction of sp³-hybridized carbons (Fsp3) is 0.350. The normalized spacial score (nSPS) is 15.2. The molecule has 4 nitrogen and oxygen atoms in total. The Hall–Kier alpha value is -2.04. The van der Waals surface area contributed by atoms with Gasteiger partial charge in [0.1, 0.15) is 0 Å². The summed E-state index contributed by atoms with van der Waals surface area (Å²) in [6, 6.07) is 13.2. The third-order valence-electron chi connectivity index (χ3n) is 4.68. The highest BCUT2D eigenvalue weighted by Crippen LogP contribution is 2.34. The molecule has 25 heavy (non-hydrogen) atoms. The summed E-state index contributed by atoms with van der Waals surface area (Å²) in [5, 5.41) is 3.70. The monoisotopic (exact) mass is 357 g/mol. The van der Waals surface area contributed by atoms with E-state index in [1.165, 1.54) is 0 Å². The van der Waals surface area contributed by atoms with Gasteiger partial charge >= 0.3 is 0 Å². The van der Waals surface area contributed by atoms with Gasteiger partial charge in [-0.2, -0.15) is 0 Å². The van der Waals surface area contributed by atoms with Crippen LogP contribution in [-0.2, 0) is 0 Å². The van der Waals surface area contributed by atoms with E-state index in [9.17, 15) is 4.79 Å². The number of amides is 1. The zero-order valence-corrected chi connectivity index (χ0v) is 15.5. The van der Waals surface area contributed by atoms with Gasteiger partial charge in [-0.25, -0.2) is 0 Å². The Morgan fingerprint density at radius 3 is 2.40 bits per heavy atom. The largest absolute Gasteiger partial charge is 0.366 e. The molecule has 0 aromatic heterocycles. The number of aryl methyl sites for hydroxylation is 1. The van der Waals surface area contributed by atoms with Crippen LogP contribution in [0.1, 0.15) is 22.8 Å². The van der Waals surface area contributed by atoms with Crippen LogP contribution in [0.3, 0.4) is 0 Å². The smallest absolute Gasteiger partial charge is 0.255 e. The number of piperazine rings is 1. The Balaban J connectivity index is 1.81. The maximum atomic E-state index is 12.6. The first-order valence-corrected chi connectivity index (χ1v) is 9.10. The van der Waals surface area contributed by atoms with Crippen molar-refractivity contribution in [3.63, 3.8) is 0 Å². The topological polar surface area (TPSA) is 35.6 Å². The van der Waals surface area contributed by atoms with Crippen LogP contribution in [-0.4, -0.2) is 43.5 Å². The van der Waals surface area contributed by atoms with E-state index in [4.69, 9.17) is 11.6 Å². The average molecular weight is 358 g/mol. The minimum atomic E-state index is -0.115. The molecule has 1 aliphatic rings. The van der Waals surface area contributed by atoms with Crippen LogP contribution in [0.2, 0.25) is 5.02 Å². The lowest BCUT2D eigenvalue weighted by molar-refractivity contribution is 0.102. The molecule has 1 N–H and O–H groups in total. The summed E-state index contributed by atoms with van der Waals surface area (Å²) in [6.07, 6.45) is 0. The number of halogens is 1. The molecule has 2 aromatic carbocycles. The van der Waals surface area contributed by atoms with Crippen molar-refractivity contribution in [3.05, 3.63) is 58.6 Å². The SMILES string of the molecule is CCN1CCN(c2c(Cl)cccc2NC(=O)c2ccc(C)cc2)CC1. The Morgan fingerprint density at radius 1 is 1.08 bits per heavy atom. The number of para-hydroxylation sites is 1. The molecule has 0 radical (unpaired) electrons. The fourth-order valence-electron chi connectivity index (χ4n) is 3.12. The molecule has 0 unspecified atom stereocenters. The number of carbonyl (C=O) groups is 1. The van der Waals surface area contributed by atoms with Crippen molar-refractivity contribution in [2.75, 3.05) is 42.9 Å². The van der Waals surface area contributed by atoms with Crippen molar-refractivity contribution in [2.45, 2.75) is 13.8 Å². The van der Waals surface area contributed by atoms with Gasteiger partial charge in [-0.15, -0.1) is 0 Å². The number of nitrogens with zero attached hydrogens (tertiary/aromatic N) is 2. The summed E-state index contributed by atoms with van der Waals surface area (Å²) < 4.78 is 0. The van der Waals surface area contributed by atoms with Crippen LogP contribution in [0.15, 0.2) is 42.5 Å². The van der Waals surface area contributed by atoms with Crippen molar-refractivity contribution in [3.8, 4) is 0 Å². The minimum Gasteiger partial charge on any atom is -0.366 e. The van der Waals surface area contributed by atoms with Crippen molar-refractivity contribution < 1.29 is 4.79 Å². The summed E-state index contributed by atoms with van der Waals surface area (Å²) in [5.74, 6) is -0.115. The molecule has 0 bridgehead atoms. The van der Waals surface area contributed by atoms with Gasteiger partial charge in [-0.3, -0.25) is 4.79 Å². The number of carbonyl (C=O) groups excluding carboxylic acids is 1. The van der Waals surface area contributed by atoms with E-state index in [-0.39, 0.29) is 5.91 Å². The van der Waals surface area contributed by atoms with E-state index in [1.54, 1.807) is 0 Å². The highest BCUT2D eigenvalue weighted by Gasteiger charge is 2.21. The van der Waals surface area contributed by atoms with Gasteiger partial charge in [0.05, 0.1) is 16.4 Å². The summed E-state index contributed by atoms with van der Waals surface area (Å²) in [4.78, 5) is 17.3. The molecule has 5 heteroatoms. The molecule has 3 rings (SSSR count). The minimum absolute atomic E-state index is 0.115. The van der Waals surface area contributed by atoms with E-state index >= 15 is 0 Å². The first-order chi connectivity index (χ1) is 12.1. The van der Waals surface area contributed by atoms with Gasteiger partial charge in [-0.1, -0.05) is 42.3 Å². The molecule has 1 fully saturated rings. The molecule has 1 amide bonds. The lowest BCUT2D eigenvalue weighted by atomic mass is 10.1. The van der Waals surface area contributed by atoms with Gasteiger partial charge in [0, 0.05) is 31.7 Å². The molecule has 1 aliphatic heterocycles. The standard InChI is InChI=1S/C20H24ClN3O/c1-3-23-11-13-24(14-12-23)19-17(21)5-4-6-18(19)22-20(25)16-9-7-15(2)8-10-16/h4-10H,3,11-14H2,1-2H3,(H,22,25). The molecule has 1 saturated heterocycles. The number of anilines is 2. The number of likely N-dealkylation sites (N-methyl/N-ethyl adjacent to an activating group) is 1. The number of hydrogen-bond donors (Lipinski definition) is 1. The molecule has 2 aromatic rings. The van der Waals surface area contributed by atoms with Crippen molar-refractivity contribution >= 4 is 28.9 Å². The van der Waals surface area contributed by atoms with Crippen molar-refractivity contribution in [1.29, 1.82) is 0 Å². The summed E-state index contributed by atoms with van der Waals surface area (Å²) in [5.41, 5.74) is 3.46. The van der Waals surface area contributed by atoms with Crippen molar-refractivity contribution in [1.82, 2.24) is 4.90 Å². The molecular formula is C20H24ClN3O. The number of rotatable bonds is 4. The molecule has 1 heterocycles. The zero-order chi connectivity index (χ0) is 17.8. The van der Waals surface area contributed by atoms with Crippen LogP contribution >= 0.6 is 11.6 Å². The van der Waals surface area contributed by atoms with E-state index in [1.807, 2.05) is 49.4 Å². The second-order valence-electron chi connectivity index (χ2n) is 6.38. The lowest BCUT2D eigenvalue weighted by Crippen LogP contribution is -2.46. The third-order valence-corrected chi connectivity index (χ3v) is 4.99. The van der Waals surface area contributed by atoms with Crippen LogP contribution in [0.25, 0.3) is 0 Å². The quantitative estimate of drug-likeness (QED) is 0.896. The summed E-state index contributed by atoms with van der Waals surface area (Å²) >= 11 is 6.48. The maximum absolute atomic E-state index is 12.6. The highest BCUT2D eigenvalue weighted by molar-refractivity contribution is 6.34. The summed E-state index contributed by atoms with van der Waals surface area (Å²) in [7, 11) is 0. The molecule has 0 atom stereocenters. The van der Waals surface area contributed by atoms with E-state index in [0.717, 1.165) is 49.7 Å². The Labute approximate surface area is 154 Å². The second-order valence-corrected chi connectivity index (χ2v) is 6.78. The van der Waals surface area contributed by atoms with Crippen LogP contribution < -0.4 is 10.2 Å². The molecule has 0 spiro atoms. The highest BCUT2D eigenvalue weighted by atomic mass is 35.5. The van der Waals surface area contributed by atoms with Gasteiger partial charge in [0.15, 0.2) is 0 Å². The Bertz CT molecular complexity index is 737. The predicted molar refractivity (Wildman–Crippen MR) is 105 cm³/mol. The van der Waals surface area contributed by atoms with E-state index in [0.29, 0.717) is 10.6 Å². The number of nitrogens with one attached hydrogen (secondary N) is 1. The molecular weight excluding hydrogens is 334 g/mol. The average Bonchev–Trinajstić information content (AvgIpc) is 2.62. The number of benzene rings is 2. The fourth-order valence-corrected chi connectivity index (χ4v) is 3.42. The van der Waals surface area contributed by atoms with Gasteiger partial charge < -0.3 is 15.1 Å². The molecule has 0 saturated carbocycles. The van der Waals surface area contributed by atoms with E-state index < -0.39 is 0 Å². The molecule has 0 aliphatic carbocycles. The van der Waals surface area contributed by atoms with E-state index in [2.05, 4.69) is 22.0 Å². The van der Waals surface area contributed by atoms with Crippen molar-refractivity contribution in [2.24, 2.45) is 0 Å². The van der Waals surface area contributed by atoms with Crippen LogP contribution in [0.5, 0.6) is 0 Å².